The predicted octanol–water partition coefficient (Wildman–Crippen LogP) is 4.70. The lowest BCUT2D eigenvalue weighted by molar-refractivity contribution is 0.116. The van der Waals surface area contributed by atoms with Crippen LogP contribution in [0.25, 0.3) is 11.1 Å². The van der Waals surface area contributed by atoms with E-state index < -0.39 is 0 Å². The van der Waals surface area contributed by atoms with Gasteiger partial charge >= 0.3 is 0 Å². The first-order valence-electron chi connectivity index (χ1n) is 9.20. The molecule has 26 heavy (non-hydrogen) atoms. The zero-order valence-electron chi connectivity index (χ0n) is 16.3. The van der Waals surface area contributed by atoms with E-state index in [2.05, 4.69) is 36.7 Å². The Morgan fingerprint density at radius 3 is 2.77 bits per heavy atom. The van der Waals surface area contributed by atoms with Gasteiger partial charge in [0.2, 0.25) is 0 Å². The highest BCUT2D eigenvalue weighted by Crippen LogP contribution is 2.41. The van der Waals surface area contributed by atoms with Crippen LogP contribution in [0.1, 0.15) is 39.2 Å². The number of rotatable bonds is 5. The quantitative estimate of drug-likeness (QED) is 0.773. The molecule has 0 saturated carbocycles. The first-order valence-corrected chi connectivity index (χ1v) is 10.4. The Morgan fingerprint density at radius 2 is 2.08 bits per heavy atom. The number of aryl methyl sites for hydroxylation is 2. The lowest BCUT2D eigenvalue weighted by Gasteiger charge is -2.34. The highest BCUT2D eigenvalue weighted by molar-refractivity contribution is 7.98. The number of anilines is 1. The van der Waals surface area contributed by atoms with Gasteiger partial charge in [-0.1, -0.05) is 19.4 Å². The maximum Gasteiger partial charge on any atom is 0.277 e. The molecule has 1 N–H and O–H groups in total. The predicted molar refractivity (Wildman–Crippen MR) is 111 cm³/mol. The van der Waals surface area contributed by atoms with Gasteiger partial charge in [-0.05, 0) is 56.2 Å². The number of nitrogens with one attached hydrogen (secondary N) is 1. The standard InChI is InChI=1S/C21H28N2O2S/c1-6-7-8-14-9-10-15(26-5)11-16(14)17-12-23(4)20(24)18-19(17)25-21(2,3)13-22-18/h9-12,22H,6-8,13H2,1-5H3. The van der Waals surface area contributed by atoms with Crippen molar-refractivity contribution >= 4 is 17.4 Å². The minimum atomic E-state index is -0.352. The smallest absolute Gasteiger partial charge is 0.277 e. The first kappa shape index (κ1) is 18.9. The monoisotopic (exact) mass is 372 g/mol. The van der Waals surface area contributed by atoms with E-state index in [9.17, 15) is 4.79 Å². The lowest BCUT2D eigenvalue weighted by atomic mass is 9.95. The molecule has 1 aromatic heterocycles. The Bertz CT molecular complexity index is 871. The van der Waals surface area contributed by atoms with Crippen LogP contribution >= 0.6 is 11.8 Å². The Labute approximate surface area is 160 Å². The average molecular weight is 373 g/mol. The number of thioether (sulfide) groups is 1. The molecule has 140 valence electrons. The molecule has 1 aromatic carbocycles. The molecule has 0 radical (unpaired) electrons. The molecule has 0 saturated heterocycles. The van der Waals surface area contributed by atoms with E-state index in [1.165, 1.54) is 10.5 Å². The molecule has 0 unspecified atom stereocenters. The zero-order chi connectivity index (χ0) is 18.9. The van der Waals surface area contributed by atoms with E-state index in [1.54, 1.807) is 23.4 Å². The second kappa shape index (κ2) is 7.39. The molecule has 4 nitrogen and oxygen atoms in total. The van der Waals surface area contributed by atoms with Crippen molar-refractivity contribution < 1.29 is 4.74 Å². The van der Waals surface area contributed by atoms with Crippen molar-refractivity contribution in [3.8, 4) is 16.9 Å². The molecule has 0 atom stereocenters. The minimum Gasteiger partial charge on any atom is -0.483 e. The van der Waals surface area contributed by atoms with Crippen molar-refractivity contribution in [1.82, 2.24) is 4.57 Å². The molecule has 0 fully saturated rings. The van der Waals surface area contributed by atoms with Crippen molar-refractivity contribution in [3.63, 3.8) is 0 Å². The number of hydrogen-bond donors (Lipinski definition) is 1. The number of aromatic nitrogens is 1. The molecule has 0 spiro atoms. The van der Waals surface area contributed by atoms with Crippen LogP contribution in [0.2, 0.25) is 0 Å². The fourth-order valence-corrected chi connectivity index (χ4v) is 3.74. The molecule has 0 bridgehead atoms. The average Bonchev–Trinajstić information content (AvgIpc) is 2.62. The highest BCUT2D eigenvalue weighted by Gasteiger charge is 2.31. The Morgan fingerprint density at radius 1 is 1.31 bits per heavy atom. The fraction of sp³-hybridized carbons (Fsp3) is 0.476. The summed E-state index contributed by atoms with van der Waals surface area (Å²) in [7, 11) is 1.80. The second-order valence-corrected chi connectivity index (χ2v) is 8.38. The lowest BCUT2D eigenvalue weighted by Crippen LogP contribution is -2.42. The van der Waals surface area contributed by atoms with E-state index in [0.717, 1.165) is 30.4 Å². The van der Waals surface area contributed by atoms with Crippen molar-refractivity contribution in [1.29, 1.82) is 0 Å². The number of nitrogens with zero attached hydrogens (tertiary/aromatic N) is 1. The summed E-state index contributed by atoms with van der Waals surface area (Å²) in [5.74, 6) is 0.681. The normalized spacial score (nSPS) is 15.1. The molecule has 1 aliphatic rings. The topological polar surface area (TPSA) is 43.3 Å². The number of pyridine rings is 1. The molecule has 2 heterocycles. The molecule has 0 amide bonds. The van der Waals surface area contributed by atoms with Gasteiger partial charge in [-0.15, -0.1) is 11.8 Å². The maximum absolute atomic E-state index is 12.6. The number of fused-ring (bicyclic) bond motifs is 1. The van der Waals surface area contributed by atoms with Gasteiger partial charge < -0.3 is 14.6 Å². The SMILES string of the molecule is CCCCc1ccc(SC)cc1-c1cn(C)c(=O)c2c1OC(C)(C)CN2. The largest absolute Gasteiger partial charge is 0.483 e. The summed E-state index contributed by atoms with van der Waals surface area (Å²) in [6, 6.07) is 6.62. The summed E-state index contributed by atoms with van der Waals surface area (Å²) in [6.45, 7) is 6.91. The summed E-state index contributed by atoms with van der Waals surface area (Å²) in [6.07, 6.45) is 7.32. The van der Waals surface area contributed by atoms with Gasteiger partial charge in [0.15, 0.2) is 5.75 Å². The summed E-state index contributed by atoms with van der Waals surface area (Å²) in [5.41, 5.74) is 3.63. The van der Waals surface area contributed by atoms with Crippen molar-refractivity contribution in [2.75, 3.05) is 18.1 Å². The Kier molecular flexibility index (Phi) is 5.37. The summed E-state index contributed by atoms with van der Waals surface area (Å²) in [5, 5.41) is 3.30. The summed E-state index contributed by atoms with van der Waals surface area (Å²) < 4.78 is 7.94. The van der Waals surface area contributed by atoms with Gasteiger partial charge in [0, 0.05) is 23.7 Å². The number of unbranched alkanes of at least 4 members (excludes halogenated alkanes) is 1. The van der Waals surface area contributed by atoms with E-state index in [-0.39, 0.29) is 11.2 Å². The molecule has 1 aliphatic heterocycles. The van der Waals surface area contributed by atoms with E-state index in [0.29, 0.717) is 18.0 Å². The fourth-order valence-electron chi connectivity index (χ4n) is 3.30. The summed E-state index contributed by atoms with van der Waals surface area (Å²) in [4.78, 5) is 13.8. The first-order chi connectivity index (χ1) is 12.4. The summed E-state index contributed by atoms with van der Waals surface area (Å²) >= 11 is 1.73. The third kappa shape index (κ3) is 3.63. The second-order valence-electron chi connectivity index (χ2n) is 7.50. The van der Waals surface area contributed by atoms with Crippen LogP contribution < -0.4 is 15.6 Å². The Hall–Kier alpha value is -1.88. The van der Waals surface area contributed by atoms with E-state index in [4.69, 9.17) is 4.74 Å². The Balaban J connectivity index is 2.24. The minimum absolute atomic E-state index is 0.0459. The molecule has 3 rings (SSSR count). The van der Waals surface area contributed by atoms with Gasteiger partial charge in [0.1, 0.15) is 11.3 Å². The van der Waals surface area contributed by atoms with Crippen LogP contribution in [0, 0.1) is 0 Å². The molecule has 5 heteroatoms. The zero-order valence-corrected chi connectivity index (χ0v) is 17.1. The van der Waals surface area contributed by atoms with Gasteiger partial charge in [0.05, 0.1) is 6.54 Å². The van der Waals surface area contributed by atoms with Gasteiger partial charge in [-0.2, -0.15) is 0 Å². The number of ether oxygens (including phenoxy) is 1. The van der Waals surface area contributed by atoms with Crippen LogP contribution in [0.5, 0.6) is 5.75 Å². The van der Waals surface area contributed by atoms with Gasteiger partial charge in [-0.25, -0.2) is 0 Å². The van der Waals surface area contributed by atoms with Gasteiger partial charge in [-0.3, -0.25) is 4.79 Å². The number of benzene rings is 1. The molecule has 0 aliphatic carbocycles. The van der Waals surface area contributed by atoms with Crippen molar-refractivity contribution in [3.05, 3.63) is 40.3 Å². The van der Waals surface area contributed by atoms with Crippen LogP contribution in [0.3, 0.4) is 0 Å². The van der Waals surface area contributed by atoms with Crippen molar-refractivity contribution in [2.45, 2.75) is 50.5 Å². The van der Waals surface area contributed by atoms with Gasteiger partial charge in [0.25, 0.3) is 5.56 Å². The number of hydrogen-bond acceptors (Lipinski definition) is 4. The molecular formula is C21H28N2O2S. The third-order valence-electron chi connectivity index (χ3n) is 4.80. The van der Waals surface area contributed by atoms with Crippen LogP contribution in [-0.4, -0.2) is 23.0 Å². The van der Waals surface area contributed by atoms with Crippen LogP contribution in [-0.2, 0) is 13.5 Å². The maximum atomic E-state index is 12.6. The van der Waals surface area contributed by atoms with Crippen LogP contribution in [0.4, 0.5) is 5.69 Å². The van der Waals surface area contributed by atoms with E-state index in [1.807, 2.05) is 20.0 Å². The molecular weight excluding hydrogens is 344 g/mol. The van der Waals surface area contributed by atoms with E-state index >= 15 is 0 Å². The highest BCUT2D eigenvalue weighted by atomic mass is 32.2. The van der Waals surface area contributed by atoms with Crippen LogP contribution in [0.15, 0.2) is 34.1 Å². The van der Waals surface area contributed by atoms with Crippen molar-refractivity contribution in [2.24, 2.45) is 7.05 Å². The third-order valence-corrected chi connectivity index (χ3v) is 5.53. The molecule has 2 aromatic rings.